The quantitative estimate of drug-likeness (QED) is 0.0389. The van der Waals surface area contributed by atoms with Crippen molar-refractivity contribution in [1.29, 1.82) is 5.41 Å². The highest BCUT2D eigenvalue weighted by atomic mass is 32.1. The van der Waals surface area contributed by atoms with E-state index in [0.717, 1.165) is 71.5 Å². The molecule has 13 heteroatoms. The minimum Gasteiger partial charge on any atom is -0.480 e. The molecular weight excluding hydrogens is 735 g/mol. The van der Waals surface area contributed by atoms with E-state index >= 15 is 0 Å². The number of thiazole rings is 1. The van der Waals surface area contributed by atoms with Crippen molar-refractivity contribution in [2.45, 2.75) is 105 Å². The Balaban J connectivity index is 1.02. The number of rotatable bonds is 13. The number of benzene rings is 1. The lowest BCUT2D eigenvalue weighted by molar-refractivity contribution is -0.197. The molecule has 0 amide bonds. The summed E-state index contributed by atoms with van der Waals surface area (Å²) in [4.78, 5) is 11.1. The number of hydrogen-bond donors (Lipinski definition) is 7. The Bertz CT molecular complexity index is 2170. The number of hydrogen-bond acceptors (Lipinski definition) is 10. The lowest BCUT2D eigenvalue weighted by Crippen LogP contribution is -2.60. The van der Waals surface area contributed by atoms with E-state index in [-0.39, 0.29) is 17.7 Å². The van der Waals surface area contributed by atoms with Gasteiger partial charge < -0.3 is 36.6 Å². The summed E-state index contributed by atoms with van der Waals surface area (Å²) in [7, 11) is 0. The van der Waals surface area contributed by atoms with E-state index in [0.29, 0.717) is 57.4 Å². The molecular formula is C44H59N9O3S. The molecule has 6 aliphatic rings. The van der Waals surface area contributed by atoms with E-state index in [9.17, 15) is 20.7 Å². The number of dihydropyridines is 1. The minimum atomic E-state index is -0.809. The molecule has 1 aromatic carbocycles. The van der Waals surface area contributed by atoms with Gasteiger partial charge in [-0.3, -0.25) is 10.1 Å². The second-order valence-electron chi connectivity index (χ2n) is 18.5. The third kappa shape index (κ3) is 7.66. The number of likely N-dealkylation sites (tertiary alicyclic amines) is 1. The summed E-state index contributed by atoms with van der Waals surface area (Å²) >= 11 is 1.48. The average Bonchev–Trinajstić information content (AvgIpc) is 3.72. The number of piperidine rings is 1. The summed E-state index contributed by atoms with van der Waals surface area (Å²) in [5.74, 6) is 0.404. The molecule has 4 atom stereocenters. The predicted octanol–water partition coefficient (Wildman–Crippen LogP) is 8.11. The number of nitrogens with one attached hydrogen (secondary N) is 3. The first-order chi connectivity index (χ1) is 27.2. The summed E-state index contributed by atoms with van der Waals surface area (Å²) in [6.07, 6.45) is 17.9. The van der Waals surface area contributed by atoms with Crippen LogP contribution in [0.3, 0.4) is 0 Å². The summed E-state index contributed by atoms with van der Waals surface area (Å²) in [5, 5.41) is 52.1. The summed E-state index contributed by atoms with van der Waals surface area (Å²) in [5.41, 5.74) is 12.8. The number of nitrogens with zero attached hydrogens (tertiary/aromatic N) is 5. The van der Waals surface area contributed by atoms with Crippen LogP contribution >= 0.6 is 11.3 Å². The van der Waals surface area contributed by atoms with Crippen LogP contribution in [0.5, 0.6) is 0 Å². The van der Waals surface area contributed by atoms with Crippen LogP contribution in [0, 0.1) is 34.0 Å². The molecule has 9 rings (SSSR count). The maximum Gasteiger partial charge on any atom is 0.299 e. The zero-order valence-electron chi connectivity index (χ0n) is 33.9. The molecule has 1 saturated heterocycles. The van der Waals surface area contributed by atoms with Crippen LogP contribution in [0.2, 0.25) is 0 Å². The van der Waals surface area contributed by atoms with Gasteiger partial charge in [0.05, 0.1) is 16.4 Å². The van der Waals surface area contributed by atoms with E-state index in [4.69, 9.17) is 10.8 Å². The maximum atomic E-state index is 10.7. The lowest BCUT2D eigenvalue weighted by atomic mass is 9.35. The number of allylic oxidation sites excluding steroid dienone is 3. The highest BCUT2D eigenvalue weighted by Crippen LogP contribution is 2.75. The molecule has 4 heterocycles. The van der Waals surface area contributed by atoms with Crippen LogP contribution in [0.15, 0.2) is 76.2 Å². The molecule has 2 aliphatic heterocycles. The number of para-hydroxylation sites is 1. The van der Waals surface area contributed by atoms with E-state index < -0.39 is 5.95 Å². The third-order valence-corrected chi connectivity index (χ3v) is 14.3. The molecule has 12 nitrogen and oxygen atoms in total. The smallest absolute Gasteiger partial charge is 0.299 e. The summed E-state index contributed by atoms with van der Waals surface area (Å²) in [6.45, 7) is 12.6. The van der Waals surface area contributed by atoms with Gasteiger partial charge in [0.2, 0.25) is 5.13 Å². The van der Waals surface area contributed by atoms with Gasteiger partial charge in [-0.15, -0.1) is 0 Å². The largest absolute Gasteiger partial charge is 0.480 e. The molecule has 0 spiro atoms. The number of fused-ring (bicyclic) bond motifs is 1. The molecule has 2 unspecified atom stereocenters. The first-order valence-corrected chi connectivity index (χ1v) is 21.5. The Morgan fingerprint density at radius 2 is 1.77 bits per heavy atom. The standard InChI is InChI=1S/C44H59N9O3S/c1-28(37(45)51-40-49-33-11-5-6-12-34(33)57-40)30-10-7-18-52(38(30)46)35-14-13-31(36(50-35)39(55)56)32-20-48-53(29(32)2)27-44-24-41(3)21-42(4,25-44)23-43(22-41,26-44)15-8-16-47-17-9-19-54/h5-6,11-14,20,46-47,50,54-56H,7-10,15-19,21-27H2,1-4H3,(H2,45,49,51)/b30-28-,46-38?/t41-,42+,43?,44?. The van der Waals surface area contributed by atoms with Gasteiger partial charge >= 0.3 is 0 Å². The van der Waals surface area contributed by atoms with Crippen molar-refractivity contribution in [3.05, 3.63) is 82.5 Å². The molecule has 57 heavy (non-hydrogen) atoms. The van der Waals surface area contributed by atoms with Gasteiger partial charge in [-0.1, -0.05) is 37.3 Å². The van der Waals surface area contributed by atoms with Crippen molar-refractivity contribution in [1.82, 2.24) is 30.3 Å². The fourth-order valence-electron chi connectivity index (χ4n) is 12.4. The van der Waals surface area contributed by atoms with Gasteiger partial charge in [-0.2, -0.15) is 5.10 Å². The van der Waals surface area contributed by atoms with E-state index in [2.05, 4.69) is 46.1 Å². The minimum absolute atomic E-state index is 0.168. The van der Waals surface area contributed by atoms with Gasteiger partial charge in [0.15, 0.2) is 0 Å². The van der Waals surface area contributed by atoms with Gasteiger partial charge in [0.25, 0.3) is 5.95 Å². The van der Waals surface area contributed by atoms with Crippen molar-refractivity contribution in [2.24, 2.45) is 32.4 Å². The van der Waals surface area contributed by atoms with Crippen LogP contribution < -0.4 is 16.4 Å². The Hall–Kier alpha value is -4.46. The predicted molar refractivity (Wildman–Crippen MR) is 228 cm³/mol. The molecule has 3 aromatic rings. The van der Waals surface area contributed by atoms with Crippen molar-refractivity contribution < 1.29 is 15.3 Å². The molecule has 5 fully saturated rings. The van der Waals surface area contributed by atoms with E-state index in [1.165, 1.54) is 56.3 Å². The molecule has 8 N–H and O–H groups in total. The van der Waals surface area contributed by atoms with Crippen LogP contribution in [0.4, 0.5) is 5.13 Å². The Labute approximate surface area is 339 Å². The van der Waals surface area contributed by atoms with Crippen molar-refractivity contribution in [3.8, 4) is 0 Å². The first kappa shape index (κ1) is 39.4. The number of aliphatic hydroxyl groups excluding tert-OH is 2. The normalized spacial score (nSPS) is 29.5. The SMILES string of the molecule is CC(=C1\CCCN(C2=CC=C(c3cnn(CC45CC6(CCCNCCCO)C[C@@](C)(C4)C[C@](C)(C6)C5)c3C)C(=C(O)O)N2)C1=N)/C(N)=N\c1nc2ccccc2s1. The van der Waals surface area contributed by atoms with Gasteiger partial charge in [0.1, 0.15) is 23.2 Å². The number of amidine groups is 2. The van der Waals surface area contributed by atoms with Gasteiger partial charge in [0, 0.05) is 42.1 Å². The fraction of sp³-hybridized carbons (Fsp3) is 0.545. The van der Waals surface area contributed by atoms with E-state index in [1.54, 1.807) is 0 Å². The molecule has 4 aliphatic carbocycles. The molecule has 0 radical (unpaired) electrons. The maximum absolute atomic E-state index is 10.7. The van der Waals surface area contributed by atoms with Gasteiger partial charge in [-0.25, -0.2) is 9.98 Å². The number of aromatic nitrogens is 3. The van der Waals surface area contributed by atoms with Crippen LogP contribution in [-0.2, 0) is 6.54 Å². The van der Waals surface area contributed by atoms with Crippen LogP contribution in [0.25, 0.3) is 15.8 Å². The van der Waals surface area contributed by atoms with Crippen molar-refractivity contribution in [3.63, 3.8) is 0 Å². The fourth-order valence-corrected chi connectivity index (χ4v) is 13.3. The molecule has 4 saturated carbocycles. The average molecular weight is 794 g/mol. The summed E-state index contributed by atoms with van der Waals surface area (Å²) < 4.78 is 3.21. The number of aliphatic imine (C=N–C) groups is 1. The zero-order chi connectivity index (χ0) is 40.2. The number of aliphatic hydroxyl groups is 3. The first-order valence-electron chi connectivity index (χ1n) is 20.7. The van der Waals surface area contributed by atoms with E-state index in [1.807, 2.05) is 54.4 Å². The van der Waals surface area contributed by atoms with Gasteiger partial charge in [-0.05, 0) is 149 Å². The number of nitrogens with two attached hydrogens (primary N) is 1. The second-order valence-corrected chi connectivity index (χ2v) is 19.5. The summed E-state index contributed by atoms with van der Waals surface area (Å²) in [6, 6.07) is 7.89. The third-order valence-electron chi connectivity index (χ3n) is 13.4. The molecule has 4 bridgehead atoms. The van der Waals surface area contributed by atoms with Crippen LogP contribution in [0.1, 0.15) is 103 Å². The Morgan fingerprint density at radius 1 is 1.04 bits per heavy atom. The van der Waals surface area contributed by atoms with Crippen molar-refractivity contribution in [2.75, 3.05) is 26.2 Å². The second kappa shape index (κ2) is 15.0. The topological polar surface area (TPSA) is 181 Å². The lowest BCUT2D eigenvalue weighted by Gasteiger charge is -2.70. The molecule has 2 aromatic heterocycles. The monoisotopic (exact) mass is 793 g/mol. The molecule has 304 valence electrons. The van der Waals surface area contributed by atoms with Crippen molar-refractivity contribution >= 4 is 43.9 Å². The zero-order valence-corrected chi connectivity index (χ0v) is 34.7. The highest BCUT2D eigenvalue weighted by Gasteiger charge is 2.65. The van der Waals surface area contributed by atoms with Crippen LogP contribution in [-0.4, -0.2) is 72.9 Å². The highest BCUT2D eigenvalue weighted by molar-refractivity contribution is 7.22. The Morgan fingerprint density at radius 3 is 2.51 bits per heavy atom. The Kier molecular flexibility index (Phi) is 10.4.